The van der Waals surface area contributed by atoms with Gasteiger partial charge in [-0.2, -0.15) is 0 Å². The minimum atomic E-state index is -1.32. The van der Waals surface area contributed by atoms with E-state index in [0.717, 1.165) is 16.7 Å². The summed E-state index contributed by atoms with van der Waals surface area (Å²) in [6.45, 7) is 5.28. The zero-order valence-electron chi connectivity index (χ0n) is 23.0. The summed E-state index contributed by atoms with van der Waals surface area (Å²) in [7, 11) is 0. The molecule has 41 heavy (non-hydrogen) atoms. The summed E-state index contributed by atoms with van der Waals surface area (Å²) in [4.78, 5) is 35.0. The van der Waals surface area contributed by atoms with E-state index >= 15 is 0 Å². The maximum absolute atomic E-state index is 12.6. The highest BCUT2D eigenvalue weighted by Gasteiger charge is 2.56. The van der Waals surface area contributed by atoms with E-state index < -0.39 is 34.4 Å². The lowest BCUT2D eigenvalue weighted by Crippen LogP contribution is -2.38. The van der Waals surface area contributed by atoms with Gasteiger partial charge in [0.25, 0.3) is 0 Å². The summed E-state index contributed by atoms with van der Waals surface area (Å²) in [6.07, 6.45) is 0.797. The fraction of sp³-hybridized carbons (Fsp3) is 0.250. The number of carboxylic acids is 1. The Hall–Kier alpha value is -4.50. The molecule has 210 valence electrons. The molecule has 1 aliphatic rings. The maximum Gasteiger partial charge on any atom is 0.360 e. The van der Waals surface area contributed by atoms with Crippen molar-refractivity contribution >= 4 is 34.1 Å². The number of benzene rings is 3. The number of esters is 1. The fourth-order valence-corrected chi connectivity index (χ4v) is 5.28. The Balaban J connectivity index is 1.51. The lowest BCUT2D eigenvalue weighted by molar-refractivity contribution is -0.172. The van der Waals surface area contributed by atoms with Crippen LogP contribution in [0.25, 0.3) is 0 Å². The molecule has 1 fully saturated rings. The van der Waals surface area contributed by atoms with Crippen molar-refractivity contribution in [2.75, 3.05) is 5.32 Å². The van der Waals surface area contributed by atoms with Crippen LogP contribution >= 0.6 is 11.3 Å². The van der Waals surface area contributed by atoms with Crippen LogP contribution in [-0.2, 0) is 24.7 Å². The number of rotatable bonds is 10. The zero-order valence-corrected chi connectivity index (χ0v) is 23.9. The largest absolute Gasteiger partial charge is 0.476 e. The van der Waals surface area contributed by atoms with E-state index in [0.29, 0.717) is 18.0 Å². The Bertz CT molecular complexity index is 1450. The minimum Gasteiger partial charge on any atom is -0.476 e. The van der Waals surface area contributed by atoms with Crippen molar-refractivity contribution in [2.45, 2.75) is 50.4 Å². The third-order valence-electron chi connectivity index (χ3n) is 6.65. The zero-order chi connectivity index (χ0) is 29.1. The molecule has 1 aromatic heterocycles. The maximum atomic E-state index is 12.6. The average Bonchev–Trinajstić information content (AvgIpc) is 3.63. The van der Waals surface area contributed by atoms with Crippen LogP contribution in [0.2, 0.25) is 0 Å². The molecule has 3 aromatic carbocycles. The summed E-state index contributed by atoms with van der Waals surface area (Å²) in [5, 5.41) is 19.6. The Morgan fingerprint density at radius 1 is 0.878 bits per heavy atom. The van der Waals surface area contributed by atoms with Gasteiger partial charge in [0.05, 0.1) is 0 Å². The third-order valence-corrected chi connectivity index (χ3v) is 7.41. The van der Waals surface area contributed by atoms with E-state index in [1.54, 1.807) is 26.2 Å². The van der Waals surface area contributed by atoms with E-state index in [1.807, 2.05) is 91.0 Å². The lowest BCUT2D eigenvalue weighted by Gasteiger charge is -2.36. The van der Waals surface area contributed by atoms with E-state index in [2.05, 4.69) is 15.5 Å². The predicted molar refractivity (Wildman–Crippen MR) is 158 cm³/mol. The second kappa shape index (κ2) is 11.2. The van der Waals surface area contributed by atoms with E-state index in [1.165, 1.54) is 11.3 Å². The van der Waals surface area contributed by atoms with Crippen molar-refractivity contribution < 1.29 is 24.3 Å². The summed E-state index contributed by atoms with van der Waals surface area (Å²) < 4.78 is 5.44. The van der Waals surface area contributed by atoms with E-state index in [4.69, 9.17) is 9.57 Å². The molecule has 0 aliphatic heterocycles. The molecule has 9 heteroatoms. The summed E-state index contributed by atoms with van der Waals surface area (Å²) in [5.41, 5.74) is -0.123. The molecular weight excluding hydrogens is 538 g/mol. The number of carbonyl (C=O) groups excluding carboxylic acids is 1. The van der Waals surface area contributed by atoms with Crippen molar-refractivity contribution in [3.05, 3.63) is 119 Å². The number of hydrogen-bond acceptors (Lipinski definition) is 8. The van der Waals surface area contributed by atoms with Crippen LogP contribution < -0.4 is 5.32 Å². The highest BCUT2D eigenvalue weighted by molar-refractivity contribution is 7.14. The van der Waals surface area contributed by atoms with Crippen molar-refractivity contribution in [1.29, 1.82) is 0 Å². The van der Waals surface area contributed by atoms with Crippen LogP contribution in [0.3, 0.4) is 0 Å². The van der Waals surface area contributed by atoms with Gasteiger partial charge >= 0.3 is 11.9 Å². The number of aliphatic carboxylic acids is 1. The molecule has 0 unspecified atom stereocenters. The number of ether oxygens (including phenoxy) is 1. The fourth-order valence-electron chi connectivity index (χ4n) is 4.53. The Kier molecular flexibility index (Phi) is 7.64. The minimum absolute atomic E-state index is 0.119. The first-order chi connectivity index (χ1) is 19.6. The molecule has 4 aromatic rings. The van der Waals surface area contributed by atoms with Crippen LogP contribution in [-0.4, -0.2) is 38.9 Å². The van der Waals surface area contributed by atoms with Gasteiger partial charge in [-0.15, -0.1) is 11.3 Å². The number of carboxylic acid groups (broad SMARTS) is 1. The van der Waals surface area contributed by atoms with Gasteiger partial charge in [0.2, 0.25) is 11.3 Å². The van der Waals surface area contributed by atoms with Gasteiger partial charge in [0.1, 0.15) is 16.8 Å². The molecule has 1 heterocycles. The Labute approximate surface area is 242 Å². The van der Waals surface area contributed by atoms with Gasteiger partial charge < -0.3 is 20.0 Å². The summed E-state index contributed by atoms with van der Waals surface area (Å²) >= 11 is 1.26. The number of anilines is 1. The van der Waals surface area contributed by atoms with Crippen LogP contribution in [0.1, 0.15) is 56.0 Å². The van der Waals surface area contributed by atoms with Crippen molar-refractivity contribution in [3.63, 3.8) is 0 Å². The van der Waals surface area contributed by atoms with Crippen molar-refractivity contribution in [3.8, 4) is 0 Å². The molecule has 0 spiro atoms. The quantitative estimate of drug-likeness (QED) is 0.101. The van der Waals surface area contributed by atoms with Gasteiger partial charge in [-0.1, -0.05) is 96.2 Å². The van der Waals surface area contributed by atoms with Crippen LogP contribution in [0.15, 0.2) is 102 Å². The van der Waals surface area contributed by atoms with Gasteiger partial charge in [-0.05, 0) is 37.5 Å². The molecular formula is C32H31N3O5S. The number of hydrogen-bond donors (Lipinski definition) is 2. The lowest BCUT2D eigenvalue weighted by atomic mass is 9.77. The number of nitrogens with zero attached hydrogens (tertiary/aromatic N) is 2. The number of nitrogens with one attached hydrogen (secondary N) is 1. The molecule has 2 N–H and O–H groups in total. The molecule has 0 atom stereocenters. The smallest absolute Gasteiger partial charge is 0.360 e. The molecule has 1 saturated carbocycles. The number of aromatic nitrogens is 1. The van der Waals surface area contributed by atoms with Crippen LogP contribution in [0, 0.1) is 0 Å². The first-order valence-corrected chi connectivity index (χ1v) is 14.1. The normalized spacial score (nSPS) is 14.7. The first kappa shape index (κ1) is 28.0. The van der Waals surface area contributed by atoms with E-state index in [-0.39, 0.29) is 5.69 Å². The summed E-state index contributed by atoms with van der Waals surface area (Å²) in [6, 6.07) is 30.1. The number of oxime groups is 1. The molecule has 8 nitrogen and oxygen atoms in total. The van der Waals surface area contributed by atoms with Crippen molar-refractivity contribution in [2.24, 2.45) is 5.16 Å². The molecule has 1 aliphatic carbocycles. The van der Waals surface area contributed by atoms with Gasteiger partial charge in [0, 0.05) is 18.2 Å². The number of thiazole rings is 1. The van der Waals surface area contributed by atoms with Crippen molar-refractivity contribution in [1.82, 2.24) is 4.98 Å². The SMILES string of the molecule is CC(C)(C)OC(=O)C1(ON=C(C(=O)O)c2csc(NC(c3ccccc3)(c3ccccc3)c3ccccc3)n2)CC1. The second-order valence-electron chi connectivity index (χ2n) is 10.8. The molecule has 5 rings (SSSR count). The van der Waals surface area contributed by atoms with Gasteiger partial charge in [-0.3, -0.25) is 0 Å². The van der Waals surface area contributed by atoms with Crippen LogP contribution in [0.5, 0.6) is 0 Å². The Morgan fingerprint density at radius 2 is 1.37 bits per heavy atom. The monoisotopic (exact) mass is 569 g/mol. The summed E-state index contributed by atoms with van der Waals surface area (Å²) in [5.74, 6) is -1.88. The van der Waals surface area contributed by atoms with Gasteiger partial charge in [0.15, 0.2) is 5.13 Å². The third kappa shape index (κ3) is 6.00. The topological polar surface area (TPSA) is 110 Å². The molecule has 0 bridgehead atoms. The van der Waals surface area contributed by atoms with Crippen LogP contribution in [0.4, 0.5) is 5.13 Å². The second-order valence-corrected chi connectivity index (χ2v) is 11.7. The average molecular weight is 570 g/mol. The van der Waals surface area contributed by atoms with E-state index in [9.17, 15) is 14.7 Å². The Morgan fingerprint density at radius 3 is 1.78 bits per heavy atom. The van der Waals surface area contributed by atoms with Gasteiger partial charge in [-0.25, -0.2) is 14.6 Å². The number of carbonyl (C=O) groups is 2. The molecule has 0 radical (unpaired) electrons. The highest BCUT2D eigenvalue weighted by Crippen LogP contribution is 2.43. The predicted octanol–water partition coefficient (Wildman–Crippen LogP) is 6.23. The molecule has 0 saturated heterocycles. The highest BCUT2D eigenvalue weighted by atomic mass is 32.1. The molecule has 0 amide bonds. The standard InChI is InChI=1S/C32H31N3O5S/c1-30(2,3)39-28(38)31(19-20-31)40-35-26(27(36)37)25-21-41-29(33-25)34-32(22-13-7-4-8-14-22,23-15-9-5-10-16-23)24-17-11-6-12-18-24/h4-18,21H,19-20H2,1-3H3,(H,33,34)(H,36,37). The first-order valence-electron chi connectivity index (χ1n) is 13.3.